The highest BCUT2D eigenvalue weighted by Gasteiger charge is 2.36. The molecule has 3 rings (SSSR count). The second-order valence-corrected chi connectivity index (χ2v) is 5.71. The van der Waals surface area contributed by atoms with Crippen molar-refractivity contribution in [3.05, 3.63) is 29.6 Å². The van der Waals surface area contributed by atoms with E-state index in [0.29, 0.717) is 18.2 Å². The van der Waals surface area contributed by atoms with E-state index in [9.17, 15) is 4.79 Å². The number of piperidine rings is 1. The van der Waals surface area contributed by atoms with Crippen molar-refractivity contribution in [2.45, 2.75) is 44.3 Å². The maximum atomic E-state index is 12.3. The van der Waals surface area contributed by atoms with Crippen LogP contribution in [0.5, 0.6) is 0 Å². The Morgan fingerprint density at radius 2 is 2.14 bits per heavy atom. The van der Waals surface area contributed by atoms with E-state index in [1.54, 1.807) is 18.3 Å². The van der Waals surface area contributed by atoms with E-state index in [-0.39, 0.29) is 36.8 Å². The number of nitrogens with one attached hydrogen (secondary N) is 1. The van der Waals surface area contributed by atoms with E-state index in [0.717, 1.165) is 18.7 Å². The Morgan fingerprint density at radius 3 is 2.91 bits per heavy atom. The number of carbonyl (C=O) groups excluding carboxylic acids is 1. The largest absolute Gasteiger partial charge is 0.348 e. The lowest BCUT2D eigenvalue weighted by Crippen LogP contribution is -2.46. The summed E-state index contributed by atoms with van der Waals surface area (Å²) in [5.41, 5.74) is 6.98. The SMILES string of the molecule is Cl.Cl.NCc1cc(C(=O)NC2CCN3CCCCC23)ccn1. The fourth-order valence-electron chi connectivity index (χ4n) is 3.40. The highest BCUT2D eigenvalue weighted by Crippen LogP contribution is 2.27. The highest BCUT2D eigenvalue weighted by molar-refractivity contribution is 5.94. The van der Waals surface area contributed by atoms with Crippen molar-refractivity contribution >= 4 is 30.7 Å². The van der Waals surface area contributed by atoms with Gasteiger partial charge in [0.05, 0.1) is 5.69 Å². The summed E-state index contributed by atoms with van der Waals surface area (Å²) in [6.07, 6.45) is 6.49. The molecule has 2 saturated heterocycles. The fourth-order valence-corrected chi connectivity index (χ4v) is 3.40. The third-order valence-electron chi connectivity index (χ3n) is 4.46. The quantitative estimate of drug-likeness (QED) is 0.874. The first-order chi connectivity index (χ1) is 9.78. The molecule has 0 spiro atoms. The third kappa shape index (κ3) is 4.10. The van der Waals surface area contributed by atoms with E-state index in [4.69, 9.17) is 5.73 Å². The topological polar surface area (TPSA) is 71.2 Å². The van der Waals surface area contributed by atoms with Gasteiger partial charge in [0.1, 0.15) is 0 Å². The molecule has 5 nitrogen and oxygen atoms in total. The number of hydrogen-bond acceptors (Lipinski definition) is 4. The van der Waals surface area contributed by atoms with Gasteiger partial charge in [-0.25, -0.2) is 0 Å². The molecule has 0 aromatic carbocycles. The molecular formula is C15H24Cl2N4O. The molecule has 0 bridgehead atoms. The number of hydrogen-bond donors (Lipinski definition) is 2. The van der Waals surface area contributed by atoms with Crippen LogP contribution in [0, 0.1) is 0 Å². The second kappa shape index (κ2) is 8.67. The van der Waals surface area contributed by atoms with Crippen LogP contribution in [0.4, 0.5) is 0 Å². The molecule has 22 heavy (non-hydrogen) atoms. The summed E-state index contributed by atoms with van der Waals surface area (Å²) in [5.74, 6) is -0.000441. The summed E-state index contributed by atoms with van der Waals surface area (Å²) >= 11 is 0. The van der Waals surface area contributed by atoms with E-state index < -0.39 is 0 Å². The van der Waals surface area contributed by atoms with Crippen LogP contribution in [0.3, 0.4) is 0 Å². The lowest BCUT2D eigenvalue weighted by atomic mass is 9.99. The van der Waals surface area contributed by atoms with E-state index in [2.05, 4.69) is 15.2 Å². The molecule has 1 aromatic rings. The Balaban J connectivity index is 0.00000121. The van der Waals surface area contributed by atoms with Gasteiger partial charge in [-0.2, -0.15) is 0 Å². The minimum atomic E-state index is -0.000441. The Morgan fingerprint density at radius 1 is 1.32 bits per heavy atom. The number of pyridine rings is 1. The molecule has 2 aliphatic rings. The predicted molar refractivity (Wildman–Crippen MR) is 91.7 cm³/mol. The number of amides is 1. The molecule has 1 aromatic heterocycles. The van der Waals surface area contributed by atoms with Crippen molar-refractivity contribution in [2.24, 2.45) is 5.73 Å². The van der Waals surface area contributed by atoms with Crippen LogP contribution < -0.4 is 11.1 Å². The van der Waals surface area contributed by atoms with E-state index in [1.807, 2.05) is 0 Å². The molecule has 1 amide bonds. The molecule has 2 fully saturated rings. The van der Waals surface area contributed by atoms with Crippen LogP contribution in [0.2, 0.25) is 0 Å². The number of fused-ring (bicyclic) bond motifs is 1. The summed E-state index contributed by atoms with van der Waals surface area (Å²) in [6, 6.07) is 4.35. The zero-order chi connectivity index (χ0) is 13.9. The molecule has 124 valence electrons. The first kappa shape index (κ1) is 19.2. The molecule has 3 N–H and O–H groups in total. The van der Waals surface area contributed by atoms with Crippen molar-refractivity contribution in [3.8, 4) is 0 Å². The van der Waals surface area contributed by atoms with Gasteiger partial charge < -0.3 is 11.1 Å². The van der Waals surface area contributed by atoms with Crippen LogP contribution in [-0.2, 0) is 6.54 Å². The minimum absolute atomic E-state index is 0. The number of halogens is 2. The first-order valence-corrected chi connectivity index (χ1v) is 7.48. The number of nitrogens with two attached hydrogens (primary N) is 1. The molecule has 2 unspecified atom stereocenters. The Hall–Kier alpha value is -0.880. The summed E-state index contributed by atoms with van der Waals surface area (Å²) in [6.45, 7) is 2.66. The standard InChI is InChI=1S/C15H22N4O.2ClH/c16-10-12-9-11(4-6-17-12)15(20)18-13-5-8-19-7-2-1-3-14(13)19;;/h4,6,9,13-14H,1-3,5,7-8,10,16H2,(H,18,20);2*1H. The van der Waals surface area contributed by atoms with Gasteiger partial charge in [0.2, 0.25) is 0 Å². The third-order valence-corrected chi connectivity index (χ3v) is 4.46. The van der Waals surface area contributed by atoms with Crippen LogP contribution in [0.15, 0.2) is 18.3 Å². The molecule has 3 heterocycles. The first-order valence-electron chi connectivity index (χ1n) is 7.48. The normalized spacial score (nSPS) is 23.9. The number of rotatable bonds is 3. The Labute approximate surface area is 143 Å². The highest BCUT2D eigenvalue weighted by atomic mass is 35.5. The van der Waals surface area contributed by atoms with Crippen LogP contribution in [0.1, 0.15) is 41.7 Å². The van der Waals surface area contributed by atoms with Gasteiger partial charge in [-0.1, -0.05) is 6.42 Å². The average Bonchev–Trinajstić information content (AvgIpc) is 2.90. The Bertz CT molecular complexity index is 500. The van der Waals surface area contributed by atoms with Crippen molar-refractivity contribution in [1.29, 1.82) is 0 Å². The van der Waals surface area contributed by atoms with Crippen molar-refractivity contribution in [1.82, 2.24) is 15.2 Å². The monoisotopic (exact) mass is 346 g/mol. The minimum Gasteiger partial charge on any atom is -0.348 e. The van der Waals surface area contributed by atoms with E-state index >= 15 is 0 Å². The summed E-state index contributed by atoms with van der Waals surface area (Å²) < 4.78 is 0. The molecule has 0 radical (unpaired) electrons. The van der Waals surface area contributed by atoms with Gasteiger partial charge >= 0.3 is 0 Å². The number of nitrogens with zero attached hydrogens (tertiary/aromatic N) is 2. The van der Waals surface area contributed by atoms with Crippen LogP contribution >= 0.6 is 24.8 Å². The molecule has 0 saturated carbocycles. The van der Waals surface area contributed by atoms with Gasteiger partial charge in [0.25, 0.3) is 5.91 Å². The van der Waals surface area contributed by atoms with Gasteiger partial charge in [0.15, 0.2) is 0 Å². The van der Waals surface area contributed by atoms with Crippen molar-refractivity contribution < 1.29 is 4.79 Å². The van der Waals surface area contributed by atoms with Crippen molar-refractivity contribution in [3.63, 3.8) is 0 Å². The van der Waals surface area contributed by atoms with Gasteiger partial charge in [-0.3, -0.25) is 14.7 Å². The summed E-state index contributed by atoms with van der Waals surface area (Å²) in [5, 5.41) is 3.20. The smallest absolute Gasteiger partial charge is 0.251 e. The maximum absolute atomic E-state index is 12.3. The molecule has 2 atom stereocenters. The Kier molecular flexibility index (Phi) is 7.56. The lowest BCUT2D eigenvalue weighted by Gasteiger charge is -2.32. The van der Waals surface area contributed by atoms with Gasteiger partial charge in [0, 0.05) is 36.9 Å². The molecular weight excluding hydrogens is 323 g/mol. The molecule has 0 aliphatic carbocycles. The summed E-state index contributed by atoms with van der Waals surface area (Å²) in [4.78, 5) is 19.0. The molecule has 2 aliphatic heterocycles. The predicted octanol–water partition coefficient (Wildman–Crippen LogP) is 1.74. The van der Waals surface area contributed by atoms with Crippen LogP contribution in [-0.4, -0.2) is 41.0 Å². The molecule has 7 heteroatoms. The second-order valence-electron chi connectivity index (χ2n) is 5.71. The maximum Gasteiger partial charge on any atom is 0.251 e. The number of carbonyl (C=O) groups is 1. The van der Waals surface area contributed by atoms with Crippen molar-refractivity contribution in [2.75, 3.05) is 13.1 Å². The lowest BCUT2D eigenvalue weighted by molar-refractivity contribution is 0.0915. The van der Waals surface area contributed by atoms with Gasteiger partial charge in [-0.05, 0) is 37.9 Å². The van der Waals surface area contributed by atoms with Gasteiger partial charge in [-0.15, -0.1) is 24.8 Å². The summed E-state index contributed by atoms with van der Waals surface area (Å²) in [7, 11) is 0. The zero-order valence-corrected chi connectivity index (χ0v) is 14.2. The van der Waals surface area contributed by atoms with Crippen LogP contribution in [0.25, 0.3) is 0 Å². The van der Waals surface area contributed by atoms with E-state index in [1.165, 1.54) is 25.8 Å². The fraction of sp³-hybridized carbons (Fsp3) is 0.600. The number of aromatic nitrogens is 1. The average molecular weight is 347 g/mol. The zero-order valence-electron chi connectivity index (χ0n) is 12.5.